The summed E-state index contributed by atoms with van der Waals surface area (Å²) in [6.45, 7) is 4.51. The van der Waals surface area contributed by atoms with Gasteiger partial charge in [-0.2, -0.15) is 4.31 Å². The van der Waals surface area contributed by atoms with E-state index in [-0.39, 0.29) is 10.7 Å². The highest BCUT2D eigenvalue weighted by molar-refractivity contribution is 7.89. The van der Waals surface area contributed by atoms with Crippen LogP contribution in [0.4, 0.5) is 15.2 Å². The molecule has 8 heteroatoms. The minimum absolute atomic E-state index is 0.273. The van der Waals surface area contributed by atoms with Gasteiger partial charge in [0.2, 0.25) is 10.0 Å². The molecule has 0 aliphatic heterocycles. The third kappa shape index (κ3) is 4.35. The largest absolute Gasteiger partial charge is 0.332 e. The van der Waals surface area contributed by atoms with Crippen molar-refractivity contribution < 1.29 is 12.8 Å². The Kier molecular flexibility index (Phi) is 5.88. The van der Waals surface area contributed by atoms with Crippen LogP contribution in [0.15, 0.2) is 58.8 Å². The Hall–Kier alpha value is -2.29. The zero-order valence-electron chi connectivity index (χ0n) is 15.0. The molecule has 0 amide bonds. The smallest absolute Gasteiger partial charge is 0.243 e. The van der Waals surface area contributed by atoms with Gasteiger partial charge >= 0.3 is 0 Å². The number of halogens is 1. The number of rotatable bonds is 7. The lowest BCUT2D eigenvalue weighted by atomic mass is 10.2. The SMILES string of the molecule is CCN(CC)S(=O)(=O)c1ccc(-c2csc(Nc3ccc(F)cc3)n2)cc1. The molecule has 0 saturated heterocycles. The number of thiazole rings is 1. The van der Waals surface area contributed by atoms with Gasteiger partial charge in [-0.1, -0.05) is 26.0 Å². The average Bonchev–Trinajstić information content (AvgIpc) is 3.13. The van der Waals surface area contributed by atoms with E-state index in [1.807, 2.05) is 19.2 Å². The van der Waals surface area contributed by atoms with Gasteiger partial charge in [0.1, 0.15) is 5.82 Å². The Morgan fingerprint density at radius 3 is 2.26 bits per heavy atom. The van der Waals surface area contributed by atoms with Crippen LogP contribution in [-0.4, -0.2) is 30.8 Å². The number of anilines is 2. The van der Waals surface area contributed by atoms with Gasteiger partial charge in [-0.05, 0) is 36.4 Å². The molecule has 142 valence electrons. The summed E-state index contributed by atoms with van der Waals surface area (Å²) >= 11 is 1.42. The first-order chi connectivity index (χ1) is 12.9. The van der Waals surface area contributed by atoms with Crippen molar-refractivity contribution in [1.29, 1.82) is 0 Å². The van der Waals surface area contributed by atoms with E-state index in [9.17, 15) is 12.8 Å². The van der Waals surface area contributed by atoms with Crippen molar-refractivity contribution in [3.63, 3.8) is 0 Å². The van der Waals surface area contributed by atoms with Gasteiger partial charge in [0, 0.05) is 29.7 Å². The lowest BCUT2D eigenvalue weighted by Crippen LogP contribution is -2.30. The standard InChI is InChI=1S/C19H20FN3O2S2/c1-3-23(4-2)27(24,25)17-11-5-14(6-12-17)18-13-26-19(22-18)21-16-9-7-15(20)8-10-16/h5-13H,3-4H2,1-2H3,(H,21,22). The van der Waals surface area contributed by atoms with Gasteiger partial charge in [0.25, 0.3) is 0 Å². The van der Waals surface area contributed by atoms with Crippen LogP contribution in [0, 0.1) is 5.82 Å². The fraction of sp³-hybridized carbons (Fsp3) is 0.211. The number of aromatic nitrogens is 1. The highest BCUT2D eigenvalue weighted by Crippen LogP contribution is 2.28. The van der Waals surface area contributed by atoms with Crippen molar-refractivity contribution in [1.82, 2.24) is 9.29 Å². The van der Waals surface area contributed by atoms with Crippen LogP contribution >= 0.6 is 11.3 Å². The maximum Gasteiger partial charge on any atom is 0.243 e. The predicted molar refractivity (Wildman–Crippen MR) is 107 cm³/mol. The Bertz CT molecular complexity index is 996. The van der Waals surface area contributed by atoms with Gasteiger partial charge in [-0.15, -0.1) is 11.3 Å². The van der Waals surface area contributed by atoms with E-state index in [1.165, 1.54) is 27.8 Å². The molecule has 0 unspecified atom stereocenters. The first-order valence-corrected chi connectivity index (χ1v) is 10.8. The molecule has 0 aliphatic carbocycles. The zero-order valence-corrected chi connectivity index (χ0v) is 16.6. The second-order valence-corrected chi connectivity index (χ2v) is 8.58. The van der Waals surface area contributed by atoms with Crippen LogP contribution < -0.4 is 5.32 Å². The zero-order chi connectivity index (χ0) is 19.4. The Labute approximate surface area is 162 Å². The van der Waals surface area contributed by atoms with Crippen molar-refractivity contribution in [2.45, 2.75) is 18.7 Å². The van der Waals surface area contributed by atoms with E-state index in [4.69, 9.17) is 0 Å². The average molecular weight is 406 g/mol. The topological polar surface area (TPSA) is 62.3 Å². The lowest BCUT2D eigenvalue weighted by molar-refractivity contribution is 0.445. The van der Waals surface area contributed by atoms with E-state index >= 15 is 0 Å². The minimum atomic E-state index is -3.47. The molecule has 27 heavy (non-hydrogen) atoms. The molecule has 2 aromatic carbocycles. The lowest BCUT2D eigenvalue weighted by Gasteiger charge is -2.18. The van der Waals surface area contributed by atoms with Gasteiger partial charge < -0.3 is 5.32 Å². The summed E-state index contributed by atoms with van der Waals surface area (Å²) in [5.74, 6) is -0.292. The molecule has 3 aromatic rings. The van der Waals surface area contributed by atoms with Gasteiger partial charge in [-0.25, -0.2) is 17.8 Å². The van der Waals surface area contributed by atoms with Crippen LogP contribution in [0.1, 0.15) is 13.8 Å². The Balaban J connectivity index is 1.78. The molecule has 3 rings (SSSR count). The molecular formula is C19H20FN3O2S2. The summed E-state index contributed by atoms with van der Waals surface area (Å²) in [7, 11) is -3.47. The van der Waals surface area contributed by atoms with Crippen LogP contribution in [0.5, 0.6) is 0 Å². The molecule has 0 bridgehead atoms. The number of hydrogen-bond acceptors (Lipinski definition) is 5. The van der Waals surface area contributed by atoms with Crippen molar-refractivity contribution in [3.8, 4) is 11.3 Å². The van der Waals surface area contributed by atoms with Crippen molar-refractivity contribution in [2.75, 3.05) is 18.4 Å². The summed E-state index contributed by atoms with van der Waals surface area (Å²) in [6.07, 6.45) is 0. The monoisotopic (exact) mass is 405 g/mol. The predicted octanol–water partition coefficient (Wildman–Crippen LogP) is 4.72. The van der Waals surface area contributed by atoms with E-state index in [0.29, 0.717) is 18.2 Å². The van der Waals surface area contributed by atoms with Gasteiger partial charge in [-0.3, -0.25) is 0 Å². The van der Waals surface area contributed by atoms with E-state index < -0.39 is 10.0 Å². The number of benzene rings is 2. The molecule has 5 nitrogen and oxygen atoms in total. The minimum Gasteiger partial charge on any atom is -0.332 e. The molecule has 0 aliphatic rings. The summed E-state index contributed by atoms with van der Waals surface area (Å²) in [5.41, 5.74) is 2.33. The van der Waals surface area contributed by atoms with Crippen LogP contribution in [-0.2, 0) is 10.0 Å². The molecule has 1 N–H and O–H groups in total. The van der Waals surface area contributed by atoms with Crippen LogP contribution in [0.2, 0.25) is 0 Å². The number of nitrogens with one attached hydrogen (secondary N) is 1. The van der Waals surface area contributed by atoms with Crippen molar-refractivity contribution >= 4 is 32.2 Å². The molecule has 0 fully saturated rings. The quantitative estimate of drug-likeness (QED) is 0.618. The number of hydrogen-bond donors (Lipinski definition) is 1. The van der Waals surface area contributed by atoms with Crippen molar-refractivity contribution in [3.05, 3.63) is 59.7 Å². The van der Waals surface area contributed by atoms with E-state index in [1.54, 1.807) is 36.4 Å². The fourth-order valence-electron chi connectivity index (χ4n) is 2.63. The van der Waals surface area contributed by atoms with Crippen LogP contribution in [0.25, 0.3) is 11.3 Å². The highest BCUT2D eigenvalue weighted by Gasteiger charge is 2.21. The second kappa shape index (κ2) is 8.16. The molecule has 0 atom stereocenters. The molecular weight excluding hydrogens is 385 g/mol. The van der Waals surface area contributed by atoms with E-state index in [2.05, 4.69) is 10.3 Å². The molecule has 0 spiro atoms. The third-order valence-corrected chi connectivity index (χ3v) is 6.91. The Morgan fingerprint density at radius 2 is 1.67 bits per heavy atom. The first-order valence-electron chi connectivity index (χ1n) is 8.52. The summed E-state index contributed by atoms with van der Waals surface area (Å²) in [5, 5.41) is 5.69. The van der Waals surface area contributed by atoms with Gasteiger partial charge in [0.15, 0.2) is 5.13 Å². The van der Waals surface area contributed by atoms with E-state index in [0.717, 1.165) is 16.9 Å². The third-order valence-electron chi connectivity index (χ3n) is 4.09. The fourth-order valence-corrected chi connectivity index (χ4v) is 4.83. The first kappa shape index (κ1) is 19.5. The molecule has 1 heterocycles. The number of nitrogens with zero attached hydrogens (tertiary/aromatic N) is 2. The maximum atomic E-state index is 13.0. The van der Waals surface area contributed by atoms with Crippen LogP contribution in [0.3, 0.4) is 0 Å². The van der Waals surface area contributed by atoms with Crippen molar-refractivity contribution in [2.24, 2.45) is 0 Å². The summed E-state index contributed by atoms with van der Waals surface area (Å²) < 4.78 is 39.5. The summed E-state index contributed by atoms with van der Waals surface area (Å²) in [4.78, 5) is 4.78. The molecule has 0 radical (unpaired) electrons. The second-order valence-electron chi connectivity index (χ2n) is 5.78. The highest BCUT2D eigenvalue weighted by atomic mass is 32.2. The van der Waals surface area contributed by atoms with Gasteiger partial charge in [0.05, 0.1) is 10.6 Å². The normalized spacial score (nSPS) is 11.7. The number of sulfonamides is 1. The molecule has 0 saturated carbocycles. The Morgan fingerprint density at radius 1 is 1.04 bits per heavy atom. The molecule has 1 aromatic heterocycles. The maximum absolute atomic E-state index is 13.0. The summed E-state index contributed by atoms with van der Waals surface area (Å²) in [6, 6.07) is 12.8.